The predicted octanol–water partition coefficient (Wildman–Crippen LogP) is 6.37. The van der Waals surface area contributed by atoms with Gasteiger partial charge < -0.3 is 18.9 Å². The lowest BCUT2D eigenvalue weighted by atomic mass is 10.0. The predicted molar refractivity (Wildman–Crippen MR) is 152 cm³/mol. The Hall–Kier alpha value is -4.13. The number of methoxy groups -OCH3 is 1. The molecule has 0 N–H and O–H groups in total. The van der Waals surface area contributed by atoms with E-state index in [1.54, 1.807) is 45.0 Å². The van der Waals surface area contributed by atoms with Crippen LogP contribution in [0.15, 0.2) is 48.0 Å². The molecule has 8 nitrogen and oxygen atoms in total. The highest BCUT2D eigenvalue weighted by atomic mass is 35.5. The van der Waals surface area contributed by atoms with E-state index in [-0.39, 0.29) is 42.3 Å². The van der Waals surface area contributed by atoms with Gasteiger partial charge in [0.25, 0.3) is 0 Å². The van der Waals surface area contributed by atoms with E-state index in [2.05, 4.69) is 0 Å². The standard InChI is InChI=1S/C30H28ClNO7S/c1-5-37-29(34)27-18(3)28(30(35)38-6-2)40-26(27)15-23(33)21(16-32)13-19-11-12-24(25(14-19)36-4)39-17-20-9-7-8-10-22(20)31/h7-14H,5-6,15,17H2,1-4H3/b21-13+. The average molecular weight is 582 g/mol. The molecule has 0 spiro atoms. The van der Waals surface area contributed by atoms with Crippen LogP contribution in [0.2, 0.25) is 5.02 Å². The normalized spacial score (nSPS) is 10.9. The third-order valence-electron chi connectivity index (χ3n) is 5.74. The minimum Gasteiger partial charge on any atom is -0.493 e. The van der Waals surface area contributed by atoms with Crippen LogP contribution < -0.4 is 9.47 Å². The molecule has 3 aromatic rings. The molecule has 0 unspecified atom stereocenters. The van der Waals surface area contributed by atoms with Crippen LogP contribution in [0, 0.1) is 18.3 Å². The van der Waals surface area contributed by atoms with Crippen molar-refractivity contribution in [2.75, 3.05) is 20.3 Å². The zero-order valence-corrected chi connectivity index (χ0v) is 24.1. The lowest BCUT2D eigenvalue weighted by molar-refractivity contribution is -0.114. The van der Waals surface area contributed by atoms with Crippen molar-refractivity contribution in [1.82, 2.24) is 0 Å². The van der Waals surface area contributed by atoms with Crippen molar-refractivity contribution in [3.8, 4) is 17.6 Å². The molecular formula is C30H28ClNO7S. The second kappa shape index (κ2) is 14.3. The van der Waals surface area contributed by atoms with Crippen molar-refractivity contribution in [3.05, 3.63) is 85.1 Å². The molecule has 40 heavy (non-hydrogen) atoms. The minimum absolute atomic E-state index is 0.125. The molecule has 0 aliphatic carbocycles. The number of Topliss-reactive ketones (excluding diaryl/α,β-unsaturated/α-hetero) is 1. The van der Waals surface area contributed by atoms with Gasteiger partial charge in [0, 0.05) is 21.9 Å². The van der Waals surface area contributed by atoms with Crippen LogP contribution in [0.25, 0.3) is 6.08 Å². The van der Waals surface area contributed by atoms with Gasteiger partial charge in [0.15, 0.2) is 17.3 Å². The fourth-order valence-electron chi connectivity index (χ4n) is 3.81. The first-order valence-electron chi connectivity index (χ1n) is 12.4. The summed E-state index contributed by atoms with van der Waals surface area (Å²) in [7, 11) is 1.48. The second-order valence-corrected chi connectivity index (χ2v) is 9.87. The van der Waals surface area contributed by atoms with Gasteiger partial charge in [-0.15, -0.1) is 11.3 Å². The first kappa shape index (κ1) is 30.4. The van der Waals surface area contributed by atoms with Crippen molar-refractivity contribution in [1.29, 1.82) is 5.26 Å². The van der Waals surface area contributed by atoms with Crippen LogP contribution in [0.5, 0.6) is 11.5 Å². The summed E-state index contributed by atoms with van der Waals surface area (Å²) in [6, 6.07) is 14.3. The lowest BCUT2D eigenvalue weighted by Crippen LogP contribution is -2.12. The van der Waals surface area contributed by atoms with Crippen LogP contribution in [-0.2, 0) is 27.3 Å². The number of ether oxygens (including phenoxy) is 4. The van der Waals surface area contributed by atoms with Gasteiger partial charge in [0.05, 0.1) is 31.5 Å². The van der Waals surface area contributed by atoms with E-state index in [9.17, 15) is 19.6 Å². The van der Waals surface area contributed by atoms with Crippen LogP contribution in [0.4, 0.5) is 0 Å². The number of carbonyl (C=O) groups excluding carboxylic acids is 3. The number of rotatable bonds is 12. The Kier molecular flexibility index (Phi) is 10.9. The maximum Gasteiger partial charge on any atom is 0.348 e. The van der Waals surface area contributed by atoms with E-state index < -0.39 is 17.7 Å². The maximum absolute atomic E-state index is 13.2. The third-order valence-corrected chi connectivity index (χ3v) is 7.38. The fourth-order valence-corrected chi connectivity index (χ4v) is 5.18. The van der Waals surface area contributed by atoms with E-state index >= 15 is 0 Å². The quantitative estimate of drug-likeness (QED) is 0.138. The summed E-state index contributed by atoms with van der Waals surface area (Å²) < 4.78 is 21.6. The van der Waals surface area contributed by atoms with E-state index in [1.165, 1.54) is 13.2 Å². The molecule has 0 bridgehead atoms. The summed E-state index contributed by atoms with van der Waals surface area (Å²) in [6.07, 6.45) is 1.16. The molecule has 0 atom stereocenters. The summed E-state index contributed by atoms with van der Waals surface area (Å²) >= 11 is 7.19. The van der Waals surface area contributed by atoms with Gasteiger partial charge in [-0.1, -0.05) is 35.9 Å². The Labute approximate surface area is 241 Å². The summed E-state index contributed by atoms with van der Waals surface area (Å²) in [6.45, 7) is 5.45. The maximum atomic E-state index is 13.2. The monoisotopic (exact) mass is 581 g/mol. The number of thiophene rings is 1. The highest BCUT2D eigenvalue weighted by molar-refractivity contribution is 7.14. The third kappa shape index (κ3) is 7.29. The molecule has 10 heteroatoms. The summed E-state index contributed by atoms with van der Waals surface area (Å²) in [4.78, 5) is 38.8. The van der Waals surface area contributed by atoms with Gasteiger partial charge in [-0.05, 0) is 56.2 Å². The number of ketones is 1. The summed E-state index contributed by atoms with van der Waals surface area (Å²) in [5.41, 5.74) is 1.73. The smallest absolute Gasteiger partial charge is 0.348 e. The molecule has 0 saturated carbocycles. The molecule has 1 aromatic heterocycles. The lowest BCUT2D eigenvalue weighted by Gasteiger charge is -2.12. The van der Waals surface area contributed by atoms with Gasteiger partial charge >= 0.3 is 11.9 Å². The van der Waals surface area contributed by atoms with E-state index in [1.807, 2.05) is 24.3 Å². The Bertz CT molecular complexity index is 1490. The number of nitriles is 1. The first-order valence-corrected chi connectivity index (χ1v) is 13.6. The van der Waals surface area contributed by atoms with Gasteiger partial charge in [0.2, 0.25) is 0 Å². The number of carbonyl (C=O) groups is 3. The molecule has 0 amide bonds. The zero-order valence-electron chi connectivity index (χ0n) is 22.5. The molecule has 2 aromatic carbocycles. The topological polar surface area (TPSA) is 112 Å². The molecule has 1 heterocycles. The molecule has 0 aliphatic heterocycles. The van der Waals surface area contributed by atoms with Crippen molar-refractivity contribution in [2.24, 2.45) is 0 Å². The summed E-state index contributed by atoms with van der Waals surface area (Å²) in [5.74, 6) is -0.890. The van der Waals surface area contributed by atoms with E-state index in [4.69, 9.17) is 30.5 Å². The largest absolute Gasteiger partial charge is 0.493 e. The summed E-state index contributed by atoms with van der Waals surface area (Å²) in [5, 5.41) is 10.3. The number of halogens is 1. The van der Waals surface area contributed by atoms with Gasteiger partial charge in [-0.25, -0.2) is 9.59 Å². The zero-order chi connectivity index (χ0) is 29.2. The highest BCUT2D eigenvalue weighted by Gasteiger charge is 2.28. The van der Waals surface area contributed by atoms with Crippen molar-refractivity contribution in [2.45, 2.75) is 33.8 Å². The van der Waals surface area contributed by atoms with Gasteiger partial charge in [0.1, 0.15) is 17.6 Å². The van der Waals surface area contributed by atoms with E-state index in [0.717, 1.165) is 16.9 Å². The van der Waals surface area contributed by atoms with Crippen LogP contribution >= 0.6 is 22.9 Å². The first-order chi connectivity index (χ1) is 19.2. The van der Waals surface area contributed by atoms with Crippen molar-refractivity contribution in [3.63, 3.8) is 0 Å². The Morgan fingerprint density at radius 2 is 1.73 bits per heavy atom. The molecular weight excluding hydrogens is 554 g/mol. The molecule has 208 valence electrons. The van der Waals surface area contributed by atoms with Gasteiger partial charge in [-0.3, -0.25) is 4.79 Å². The van der Waals surface area contributed by atoms with Gasteiger partial charge in [-0.2, -0.15) is 5.26 Å². The number of hydrogen-bond acceptors (Lipinski definition) is 9. The molecule has 3 rings (SSSR count). The molecule has 0 fully saturated rings. The van der Waals surface area contributed by atoms with Crippen LogP contribution in [0.1, 0.15) is 55.4 Å². The van der Waals surface area contributed by atoms with E-state index in [0.29, 0.717) is 32.5 Å². The Balaban J connectivity index is 1.86. The number of benzene rings is 2. The number of hydrogen-bond donors (Lipinski definition) is 0. The second-order valence-electron chi connectivity index (χ2n) is 8.36. The molecule has 0 aliphatic rings. The molecule has 0 saturated heterocycles. The average Bonchev–Trinajstić information content (AvgIpc) is 3.27. The number of allylic oxidation sites excluding steroid dienone is 1. The molecule has 0 radical (unpaired) electrons. The van der Waals surface area contributed by atoms with Crippen molar-refractivity contribution >= 4 is 46.7 Å². The minimum atomic E-state index is -0.644. The number of esters is 2. The Morgan fingerprint density at radius 1 is 1.02 bits per heavy atom. The SMILES string of the molecule is CCOC(=O)c1sc(CC(=O)/C(C#N)=C/c2ccc(OCc3ccccc3Cl)c(OC)c2)c(C(=O)OCC)c1C. The van der Waals surface area contributed by atoms with Crippen LogP contribution in [0.3, 0.4) is 0 Å². The highest BCUT2D eigenvalue weighted by Crippen LogP contribution is 2.32. The Morgan fingerprint density at radius 3 is 2.38 bits per heavy atom. The van der Waals surface area contributed by atoms with Crippen LogP contribution in [-0.4, -0.2) is 38.0 Å². The van der Waals surface area contributed by atoms with Crippen molar-refractivity contribution < 1.29 is 33.3 Å². The fraction of sp³-hybridized carbons (Fsp3) is 0.267. The number of nitrogens with zero attached hydrogens (tertiary/aromatic N) is 1.